The molecular weight excluding hydrogens is 474 g/mol. The topological polar surface area (TPSA) is 87.9 Å². The van der Waals surface area contributed by atoms with Gasteiger partial charge in [0.05, 0.1) is 16.8 Å². The molecule has 0 spiro atoms. The number of piperazine rings is 1. The number of rotatable bonds is 4. The average Bonchev–Trinajstić information content (AvgIpc) is 3.37. The van der Waals surface area contributed by atoms with E-state index in [0.717, 1.165) is 22.0 Å². The fraction of sp³-hybridized carbons (Fsp3) is 0.148. The first-order valence-electron chi connectivity index (χ1n) is 11.7. The molecule has 1 fully saturated rings. The molecular formula is C27H23N5O3S. The third-order valence-corrected chi connectivity index (χ3v) is 8.48. The Morgan fingerprint density at radius 3 is 2.31 bits per heavy atom. The highest BCUT2D eigenvalue weighted by atomic mass is 32.2. The first-order chi connectivity index (χ1) is 17.5. The quantitative estimate of drug-likeness (QED) is 0.378. The maximum Gasteiger partial charge on any atom is 0.259 e. The third-order valence-electron chi connectivity index (χ3n) is 6.59. The highest BCUT2D eigenvalue weighted by Crippen LogP contribution is 2.24. The van der Waals surface area contributed by atoms with Crippen LogP contribution in [0.25, 0.3) is 27.7 Å². The summed E-state index contributed by atoms with van der Waals surface area (Å²) in [5, 5.41) is 6.30. The van der Waals surface area contributed by atoms with Crippen molar-refractivity contribution in [2.45, 2.75) is 4.90 Å². The molecule has 0 atom stereocenters. The summed E-state index contributed by atoms with van der Waals surface area (Å²) >= 11 is 0. The summed E-state index contributed by atoms with van der Waals surface area (Å²) in [7, 11) is -3.66. The van der Waals surface area contributed by atoms with Crippen molar-refractivity contribution >= 4 is 32.4 Å². The first-order valence-corrected chi connectivity index (χ1v) is 13.1. The molecule has 36 heavy (non-hydrogen) atoms. The van der Waals surface area contributed by atoms with Crippen LogP contribution in [0.2, 0.25) is 0 Å². The predicted molar refractivity (Wildman–Crippen MR) is 137 cm³/mol. The van der Waals surface area contributed by atoms with Crippen molar-refractivity contribution in [2.24, 2.45) is 0 Å². The van der Waals surface area contributed by atoms with Crippen LogP contribution in [0.3, 0.4) is 0 Å². The van der Waals surface area contributed by atoms with Gasteiger partial charge in [0.25, 0.3) is 5.91 Å². The van der Waals surface area contributed by atoms with Gasteiger partial charge in [0.1, 0.15) is 5.56 Å². The molecule has 1 aliphatic heterocycles. The summed E-state index contributed by atoms with van der Waals surface area (Å²) < 4.78 is 29.7. The SMILES string of the molecule is O=C(c1cnn2c(-c3ccccc3)ccnc12)N1CCN(S(=O)(=O)c2ccc3ccccc3c2)CC1. The van der Waals surface area contributed by atoms with Crippen LogP contribution >= 0.6 is 0 Å². The van der Waals surface area contributed by atoms with E-state index in [1.807, 2.05) is 66.7 Å². The van der Waals surface area contributed by atoms with Crippen molar-refractivity contribution < 1.29 is 13.2 Å². The van der Waals surface area contributed by atoms with E-state index in [1.54, 1.807) is 27.7 Å². The molecule has 3 aromatic carbocycles. The summed E-state index contributed by atoms with van der Waals surface area (Å²) in [5.41, 5.74) is 2.69. The van der Waals surface area contributed by atoms with Gasteiger partial charge in [-0.1, -0.05) is 60.7 Å². The molecule has 0 unspecified atom stereocenters. The molecule has 9 heteroatoms. The molecule has 1 amide bonds. The Morgan fingerprint density at radius 1 is 0.806 bits per heavy atom. The lowest BCUT2D eigenvalue weighted by Gasteiger charge is -2.33. The minimum atomic E-state index is -3.66. The normalized spacial score (nSPS) is 14.9. The van der Waals surface area contributed by atoms with Gasteiger partial charge in [-0.2, -0.15) is 9.40 Å². The molecule has 0 radical (unpaired) electrons. The minimum absolute atomic E-state index is 0.203. The van der Waals surface area contributed by atoms with Gasteiger partial charge in [-0.05, 0) is 29.0 Å². The van der Waals surface area contributed by atoms with Crippen LogP contribution in [0.5, 0.6) is 0 Å². The Labute approximate surface area is 208 Å². The standard InChI is InChI=1S/C27H23N5O3S/c33-27(24-19-29-32-25(12-13-28-26(24)32)21-7-2-1-3-8-21)30-14-16-31(17-15-30)36(34,35)23-11-10-20-6-4-5-9-22(20)18-23/h1-13,18-19H,14-17H2. The minimum Gasteiger partial charge on any atom is -0.336 e. The van der Waals surface area contributed by atoms with Crippen LogP contribution in [0.4, 0.5) is 0 Å². The van der Waals surface area contributed by atoms with E-state index in [-0.39, 0.29) is 23.9 Å². The number of nitrogens with zero attached hydrogens (tertiary/aromatic N) is 5. The molecule has 0 saturated carbocycles. The number of aromatic nitrogens is 3. The number of hydrogen-bond acceptors (Lipinski definition) is 5. The van der Waals surface area contributed by atoms with Gasteiger partial charge in [-0.25, -0.2) is 17.9 Å². The van der Waals surface area contributed by atoms with E-state index in [4.69, 9.17) is 0 Å². The van der Waals surface area contributed by atoms with Crippen molar-refractivity contribution in [1.82, 2.24) is 23.8 Å². The van der Waals surface area contributed by atoms with Crippen LogP contribution in [0.1, 0.15) is 10.4 Å². The second kappa shape index (κ2) is 8.85. The number of amides is 1. The lowest BCUT2D eigenvalue weighted by Crippen LogP contribution is -2.50. The summed E-state index contributed by atoms with van der Waals surface area (Å²) in [5.74, 6) is -0.203. The lowest BCUT2D eigenvalue weighted by molar-refractivity contribution is 0.0699. The van der Waals surface area contributed by atoms with Gasteiger partial charge in [0.2, 0.25) is 10.0 Å². The number of hydrogen-bond donors (Lipinski definition) is 0. The number of fused-ring (bicyclic) bond motifs is 2. The Balaban J connectivity index is 1.21. The molecule has 1 aliphatic rings. The van der Waals surface area contributed by atoms with E-state index in [1.165, 1.54) is 10.5 Å². The highest BCUT2D eigenvalue weighted by molar-refractivity contribution is 7.89. The van der Waals surface area contributed by atoms with E-state index < -0.39 is 10.0 Å². The second-order valence-corrected chi connectivity index (χ2v) is 10.6. The monoisotopic (exact) mass is 497 g/mol. The molecule has 6 rings (SSSR count). The fourth-order valence-corrected chi connectivity index (χ4v) is 6.11. The van der Waals surface area contributed by atoms with Crippen molar-refractivity contribution in [1.29, 1.82) is 0 Å². The molecule has 5 aromatic rings. The predicted octanol–water partition coefficient (Wildman–Crippen LogP) is 3.70. The first kappa shape index (κ1) is 22.4. The Morgan fingerprint density at radius 2 is 1.53 bits per heavy atom. The molecule has 0 bridgehead atoms. The van der Waals surface area contributed by atoms with Crippen LogP contribution in [0, 0.1) is 0 Å². The maximum absolute atomic E-state index is 13.4. The summed E-state index contributed by atoms with van der Waals surface area (Å²) in [4.78, 5) is 19.7. The zero-order chi connectivity index (χ0) is 24.7. The van der Waals surface area contributed by atoms with Gasteiger partial charge < -0.3 is 4.90 Å². The smallest absolute Gasteiger partial charge is 0.259 e. The zero-order valence-corrected chi connectivity index (χ0v) is 20.2. The third kappa shape index (κ3) is 3.82. The van der Waals surface area contributed by atoms with Crippen molar-refractivity contribution in [3.05, 3.63) is 96.8 Å². The summed E-state index contributed by atoms with van der Waals surface area (Å²) in [6.45, 7) is 1.04. The summed E-state index contributed by atoms with van der Waals surface area (Å²) in [6.07, 6.45) is 3.21. The Hall–Kier alpha value is -4.08. The second-order valence-electron chi connectivity index (χ2n) is 8.70. The number of benzene rings is 3. The van der Waals surface area contributed by atoms with Crippen molar-refractivity contribution in [3.63, 3.8) is 0 Å². The molecule has 2 aromatic heterocycles. The fourth-order valence-electron chi connectivity index (χ4n) is 4.65. The van der Waals surface area contributed by atoms with Gasteiger partial charge >= 0.3 is 0 Å². The highest BCUT2D eigenvalue weighted by Gasteiger charge is 2.31. The maximum atomic E-state index is 13.4. The van der Waals surface area contributed by atoms with Crippen molar-refractivity contribution in [3.8, 4) is 11.3 Å². The molecule has 1 saturated heterocycles. The summed E-state index contributed by atoms with van der Waals surface area (Å²) in [6, 6.07) is 24.5. The van der Waals surface area contributed by atoms with Gasteiger partial charge in [-0.15, -0.1) is 0 Å². The van der Waals surface area contributed by atoms with E-state index in [0.29, 0.717) is 24.3 Å². The van der Waals surface area contributed by atoms with Crippen LogP contribution < -0.4 is 0 Å². The van der Waals surface area contributed by atoms with Gasteiger partial charge in [0, 0.05) is 37.9 Å². The average molecular weight is 498 g/mol. The van der Waals surface area contributed by atoms with Gasteiger partial charge in [0.15, 0.2) is 5.65 Å². The van der Waals surface area contributed by atoms with Crippen LogP contribution in [0.15, 0.2) is 96.2 Å². The lowest BCUT2D eigenvalue weighted by atomic mass is 10.1. The Kier molecular flexibility index (Phi) is 5.50. The van der Waals surface area contributed by atoms with E-state index in [9.17, 15) is 13.2 Å². The molecule has 0 aliphatic carbocycles. The van der Waals surface area contributed by atoms with E-state index >= 15 is 0 Å². The molecule has 3 heterocycles. The molecule has 8 nitrogen and oxygen atoms in total. The Bertz CT molecular complexity index is 1690. The van der Waals surface area contributed by atoms with Crippen LogP contribution in [-0.4, -0.2) is 64.3 Å². The van der Waals surface area contributed by atoms with Gasteiger partial charge in [-0.3, -0.25) is 4.79 Å². The zero-order valence-electron chi connectivity index (χ0n) is 19.4. The number of carbonyl (C=O) groups is 1. The molecule has 180 valence electrons. The number of sulfonamides is 1. The van der Waals surface area contributed by atoms with E-state index in [2.05, 4.69) is 10.1 Å². The van der Waals surface area contributed by atoms with Crippen LogP contribution in [-0.2, 0) is 10.0 Å². The largest absolute Gasteiger partial charge is 0.336 e. The molecule has 0 N–H and O–H groups in total. The van der Waals surface area contributed by atoms with Crippen molar-refractivity contribution in [2.75, 3.05) is 26.2 Å². The number of carbonyl (C=O) groups excluding carboxylic acids is 1.